The molecule has 0 atom stereocenters. The van der Waals surface area contributed by atoms with Crippen LogP contribution in [0.5, 0.6) is 5.75 Å². The van der Waals surface area contributed by atoms with Gasteiger partial charge >= 0.3 is 0 Å². The van der Waals surface area contributed by atoms with Crippen molar-refractivity contribution in [3.63, 3.8) is 0 Å². The van der Waals surface area contributed by atoms with Gasteiger partial charge in [0, 0.05) is 18.0 Å². The molecule has 106 valence electrons. The molecular weight excluding hydrogens is 273 g/mol. The summed E-state index contributed by atoms with van der Waals surface area (Å²) in [6.45, 7) is 1.68. The Labute approximate surface area is 119 Å². The largest absolute Gasteiger partial charge is 0.508 e. The van der Waals surface area contributed by atoms with E-state index in [1.165, 1.54) is 34.9 Å². The second-order valence-corrected chi connectivity index (χ2v) is 4.63. The normalized spacial score (nSPS) is 10.8. The molecule has 0 saturated carbocycles. The number of phenols is 1. The monoisotopic (exact) mass is 285 g/mol. The van der Waals surface area contributed by atoms with Gasteiger partial charge in [-0.2, -0.15) is 0 Å². The van der Waals surface area contributed by atoms with Crippen LogP contribution in [0.3, 0.4) is 0 Å². The number of imidazole rings is 1. The minimum Gasteiger partial charge on any atom is -0.508 e. The molecule has 0 fully saturated rings. The Bertz CT molecular complexity index is 842. The van der Waals surface area contributed by atoms with E-state index < -0.39 is 11.7 Å². The van der Waals surface area contributed by atoms with Crippen LogP contribution >= 0.6 is 0 Å². The van der Waals surface area contributed by atoms with Crippen molar-refractivity contribution in [2.24, 2.45) is 0 Å². The molecule has 0 aliphatic carbocycles. The molecule has 0 radical (unpaired) electrons. The van der Waals surface area contributed by atoms with Crippen molar-refractivity contribution in [2.75, 3.05) is 5.32 Å². The third-order valence-corrected chi connectivity index (χ3v) is 3.08. The van der Waals surface area contributed by atoms with Crippen LogP contribution in [0.25, 0.3) is 5.65 Å². The lowest BCUT2D eigenvalue weighted by molar-refractivity contribution is 0.102. The number of carbonyl (C=O) groups is 1. The molecule has 2 heterocycles. The highest BCUT2D eigenvalue weighted by molar-refractivity contribution is 6.04. The van der Waals surface area contributed by atoms with Gasteiger partial charge in [0.2, 0.25) is 0 Å². The lowest BCUT2D eigenvalue weighted by Crippen LogP contribution is -2.15. The number of aromatic nitrogens is 2. The Kier molecular flexibility index (Phi) is 3.06. The second-order valence-electron chi connectivity index (χ2n) is 4.63. The molecule has 0 unspecified atom stereocenters. The molecule has 6 heteroatoms. The maximum Gasteiger partial charge on any atom is 0.274 e. The second kappa shape index (κ2) is 4.90. The van der Waals surface area contributed by atoms with Crippen LogP contribution in [0.2, 0.25) is 0 Å². The molecule has 0 spiro atoms. The molecule has 2 N–H and O–H groups in total. The van der Waals surface area contributed by atoms with E-state index in [1.54, 1.807) is 19.1 Å². The molecular formula is C15H12FN3O2. The number of hydrogen-bond acceptors (Lipinski definition) is 3. The van der Waals surface area contributed by atoms with Crippen LogP contribution in [0, 0.1) is 12.7 Å². The summed E-state index contributed by atoms with van der Waals surface area (Å²) < 4.78 is 14.8. The fourth-order valence-electron chi connectivity index (χ4n) is 2.18. The van der Waals surface area contributed by atoms with Crippen LogP contribution in [-0.2, 0) is 0 Å². The van der Waals surface area contributed by atoms with Gasteiger partial charge in [-0.05, 0) is 31.2 Å². The Morgan fingerprint density at radius 2 is 2.14 bits per heavy atom. The van der Waals surface area contributed by atoms with Crippen LogP contribution < -0.4 is 5.32 Å². The quantitative estimate of drug-likeness (QED) is 0.760. The highest BCUT2D eigenvalue weighted by Gasteiger charge is 2.17. The summed E-state index contributed by atoms with van der Waals surface area (Å²) in [6.07, 6.45) is 1.21. The van der Waals surface area contributed by atoms with E-state index in [2.05, 4.69) is 10.3 Å². The van der Waals surface area contributed by atoms with E-state index in [-0.39, 0.29) is 11.4 Å². The minimum atomic E-state index is -0.452. The Morgan fingerprint density at radius 1 is 1.33 bits per heavy atom. The van der Waals surface area contributed by atoms with Crippen LogP contribution in [0.15, 0.2) is 42.6 Å². The molecule has 1 amide bonds. The zero-order valence-corrected chi connectivity index (χ0v) is 11.2. The van der Waals surface area contributed by atoms with Crippen molar-refractivity contribution in [1.29, 1.82) is 0 Å². The van der Waals surface area contributed by atoms with Crippen molar-refractivity contribution < 1.29 is 14.3 Å². The molecule has 3 rings (SSSR count). The van der Waals surface area contributed by atoms with Crippen molar-refractivity contribution in [3.8, 4) is 5.75 Å². The van der Waals surface area contributed by atoms with Crippen LogP contribution in [-0.4, -0.2) is 20.4 Å². The van der Waals surface area contributed by atoms with Crippen LogP contribution in [0.4, 0.5) is 10.1 Å². The van der Waals surface area contributed by atoms with Gasteiger partial charge in [-0.25, -0.2) is 9.37 Å². The van der Waals surface area contributed by atoms with Crippen molar-refractivity contribution in [1.82, 2.24) is 9.38 Å². The number of nitrogens with one attached hydrogen (secondary N) is 1. The average Bonchev–Trinajstić information content (AvgIpc) is 2.74. The maximum atomic E-state index is 13.4. The van der Waals surface area contributed by atoms with Gasteiger partial charge in [-0.15, -0.1) is 0 Å². The molecule has 0 saturated heterocycles. The van der Waals surface area contributed by atoms with Gasteiger partial charge in [0.15, 0.2) is 0 Å². The molecule has 21 heavy (non-hydrogen) atoms. The number of fused-ring (bicyclic) bond motifs is 1. The minimum absolute atomic E-state index is 0.0497. The fourth-order valence-corrected chi connectivity index (χ4v) is 2.18. The topological polar surface area (TPSA) is 66.6 Å². The number of halogens is 1. The number of amides is 1. The summed E-state index contributed by atoms with van der Waals surface area (Å²) in [7, 11) is 0. The van der Waals surface area contributed by atoms with Gasteiger partial charge in [0.05, 0.1) is 5.69 Å². The van der Waals surface area contributed by atoms with Gasteiger partial charge in [0.1, 0.15) is 22.9 Å². The summed E-state index contributed by atoms with van der Waals surface area (Å²) in [5, 5.41) is 12.1. The highest BCUT2D eigenvalue weighted by Crippen LogP contribution is 2.18. The van der Waals surface area contributed by atoms with Gasteiger partial charge in [0.25, 0.3) is 5.91 Å². The number of carbonyl (C=O) groups excluding carboxylic acids is 1. The SMILES string of the molecule is Cc1nc2ccc(F)cn2c1C(=O)Nc1cccc(O)c1. The number of aryl methyl sites for hydroxylation is 1. The van der Waals surface area contributed by atoms with E-state index in [4.69, 9.17) is 0 Å². The summed E-state index contributed by atoms with van der Waals surface area (Å²) in [5.41, 5.74) is 1.70. The first-order chi connectivity index (χ1) is 10.0. The van der Waals surface area contributed by atoms with Gasteiger partial charge in [-0.3, -0.25) is 9.20 Å². The summed E-state index contributed by atoms with van der Waals surface area (Å²) in [4.78, 5) is 16.6. The zero-order valence-electron chi connectivity index (χ0n) is 11.2. The zero-order chi connectivity index (χ0) is 15.0. The number of benzene rings is 1. The summed E-state index contributed by atoms with van der Waals surface area (Å²) in [5.74, 6) is -0.823. The summed E-state index contributed by atoms with van der Waals surface area (Å²) in [6, 6.07) is 9.00. The molecule has 0 aliphatic heterocycles. The van der Waals surface area contributed by atoms with Crippen LogP contribution in [0.1, 0.15) is 16.2 Å². The lowest BCUT2D eigenvalue weighted by atomic mass is 10.2. The molecule has 5 nitrogen and oxygen atoms in total. The van der Waals surface area contributed by atoms with Gasteiger partial charge in [-0.1, -0.05) is 6.07 Å². The predicted octanol–water partition coefficient (Wildman–Crippen LogP) is 2.74. The molecule has 0 aliphatic rings. The summed E-state index contributed by atoms with van der Waals surface area (Å²) >= 11 is 0. The number of hydrogen-bond donors (Lipinski definition) is 2. The van der Waals surface area contributed by atoms with E-state index in [1.807, 2.05) is 0 Å². The number of pyridine rings is 1. The van der Waals surface area contributed by atoms with E-state index in [9.17, 15) is 14.3 Å². The first-order valence-electron chi connectivity index (χ1n) is 6.29. The highest BCUT2D eigenvalue weighted by atomic mass is 19.1. The standard InChI is InChI=1S/C15H12FN3O2/c1-9-14(19-8-10(16)5-6-13(19)17-9)15(21)18-11-3-2-4-12(20)7-11/h2-8,20H,1H3,(H,18,21). The number of aromatic hydroxyl groups is 1. The fraction of sp³-hybridized carbons (Fsp3) is 0.0667. The average molecular weight is 285 g/mol. The Hall–Kier alpha value is -2.89. The molecule has 2 aromatic heterocycles. The Morgan fingerprint density at radius 3 is 2.90 bits per heavy atom. The molecule has 1 aromatic carbocycles. The van der Waals surface area contributed by atoms with Crippen molar-refractivity contribution in [2.45, 2.75) is 6.92 Å². The predicted molar refractivity (Wildman–Crippen MR) is 75.9 cm³/mol. The van der Waals surface area contributed by atoms with Crippen molar-refractivity contribution in [3.05, 3.63) is 59.8 Å². The lowest BCUT2D eigenvalue weighted by Gasteiger charge is -2.06. The van der Waals surface area contributed by atoms with E-state index >= 15 is 0 Å². The third-order valence-electron chi connectivity index (χ3n) is 3.08. The first kappa shape index (κ1) is 13.1. The van der Waals surface area contributed by atoms with Crippen molar-refractivity contribution >= 4 is 17.2 Å². The number of phenolic OH excluding ortho intramolecular Hbond substituents is 1. The maximum absolute atomic E-state index is 13.4. The Balaban J connectivity index is 2.01. The molecule has 0 bridgehead atoms. The number of anilines is 1. The number of nitrogens with zero attached hydrogens (tertiary/aromatic N) is 2. The number of rotatable bonds is 2. The third kappa shape index (κ3) is 2.43. The first-order valence-corrected chi connectivity index (χ1v) is 6.29. The van der Waals surface area contributed by atoms with E-state index in [0.29, 0.717) is 17.0 Å². The molecule has 3 aromatic rings. The smallest absolute Gasteiger partial charge is 0.274 e. The van der Waals surface area contributed by atoms with E-state index in [0.717, 1.165) is 0 Å². The van der Waals surface area contributed by atoms with Gasteiger partial charge < -0.3 is 10.4 Å².